The number of aryl methyl sites for hydroxylation is 2. The van der Waals surface area contributed by atoms with Gasteiger partial charge in [0.05, 0.1) is 0 Å². The molecule has 0 spiro atoms. The van der Waals surface area contributed by atoms with E-state index >= 15 is 0 Å². The van der Waals surface area contributed by atoms with Crippen molar-refractivity contribution in [3.05, 3.63) is 65.4 Å². The number of nitrogens with zero attached hydrogens (tertiary/aromatic N) is 2. The number of ether oxygens (including phenoxy) is 1. The topological polar surface area (TPSA) is 48.6 Å². The number of piperazine rings is 1. The minimum atomic E-state index is 0.0854. The predicted octanol–water partition coefficient (Wildman–Crippen LogP) is 3.62. The average Bonchev–Trinajstić information content (AvgIpc) is 3.15. The molecule has 0 aliphatic carbocycles. The summed E-state index contributed by atoms with van der Waals surface area (Å²) in [6.45, 7) is 9.00. The molecule has 1 amide bonds. The molecule has 1 aliphatic rings. The molecule has 28 heavy (non-hydrogen) atoms. The van der Waals surface area contributed by atoms with Gasteiger partial charge in [-0.1, -0.05) is 24.3 Å². The molecular formula is C23H27N3O2. The zero-order valence-corrected chi connectivity index (χ0v) is 16.6. The number of hydrogen-bond donors (Lipinski definition) is 1. The van der Waals surface area contributed by atoms with Crippen LogP contribution in [0.15, 0.2) is 48.5 Å². The second kappa shape index (κ2) is 8.07. The summed E-state index contributed by atoms with van der Waals surface area (Å²) in [5.74, 6) is 1.01. The smallest absolute Gasteiger partial charge is 0.270 e. The number of benzene rings is 2. The Morgan fingerprint density at radius 3 is 2.54 bits per heavy atom. The van der Waals surface area contributed by atoms with E-state index in [1.54, 1.807) is 0 Å². The zero-order valence-electron chi connectivity index (χ0n) is 16.6. The lowest BCUT2D eigenvalue weighted by Gasteiger charge is -2.34. The fraction of sp³-hybridized carbons (Fsp3) is 0.348. The van der Waals surface area contributed by atoms with E-state index in [9.17, 15) is 4.79 Å². The first-order chi connectivity index (χ1) is 13.6. The van der Waals surface area contributed by atoms with Gasteiger partial charge in [-0.15, -0.1) is 0 Å². The number of fused-ring (bicyclic) bond motifs is 1. The molecule has 0 unspecified atom stereocenters. The van der Waals surface area contributed by atoms with E-state index in [-0.39, 0.29) is 5.91 Å². The molecule has 1 aliphatic heterocycles. The molecule has 1 saturated heterocycles. The number of amides is 1. The summed E-state index contributed by atoms with van der Waals surface area (Å²) in [5.41, 5.74) is 4.21. The van der Waals surface area contributed by atoms with Gasteiger partial charge in [-0.2, -0.15) is 0 Å². The van der Waals surface area contributed by atoms with Crippen LogP contribution < -0.4 is 4.74 Å². The lowest BCUT2D eigenvalue weighted by atomic mass is 10.1. The standard InChI is InChI=1S/C23H27N3O2/c1-17-7-8-20(15-18(17)2)28-14-13-25-9-11-26(12-10-25)23(27)22-16-19-5-3-4-6-21(19)24-22/h3-8,15-16,24H,9-14H2,1-2H3. The summed E-state index contributed by atoms with van der Waals surface area (Å²) in [6, 6.07) is 16.1. The van der Waals surface area contributed by atoms with E-state index in [1.165, 1.54) is 11.1 Å². The largest absolute Gasteiger partial charge is 0.492 e. The molecule has 5 heteroatoms. The molecule has 3 aromatic rings. The van der Waals surface area contributed by atoms with Gasteiger partial charge in [-0.3, -0.25) is 9.69 Å². The summed E-state index contributed by atoms with van der Waals surface area (Å²) in [5, 5.41) is 1.08. The summed E-state index contributed by atoms with van der Waals surface area (Å²) in [6.07, 6.45) is 0. The number of H-pyrrole nitrogens is 1. The zero-order chi connectivity index (χ0) is 19.5. The van der Waals surface area contributed by atoms with Crippen LogP contribution in [0.3, 0.4) is 0 Å². The van der Waals surface area contributed by atoms with Crippen molar-refractivity contribution in [2.24, 2.45) is 0 Å². The lowest BCUT2D eigenvalue weighted by Crippen LogP contribution is -2.49. The lowest BCUT2D eigenvalue weighted by molar-refractivity contribution is 0.0615. The Labute approximate surface area is 165 Å². The maximum atomic E-state index is 12.8. The normalized spacial score (nSPS) is 15.1. The second-order valence-corrected chi connectivity index (χ2v) is 7.50. The number of para-hydroxylation sites is 1. The van der Waals surface area contributed by atoms with Crippen LogP contribution in [0.25, 0.3) is 10.9 Å². The first kappa shape index (κ1) is 18.6. The Morgan fingerprint density at radius 2 is 1.79 bits per heavy atom. The van der Waals surface area contributed by atoms with Gasteiger partial charge in [0.1, 0.15) is 18.1 Å². The maximum Gasteiger partial charge on any atom is 0.270 e. The molecule has 5 nitrogen and oxygen atoms in total. The Morgan fingerprint density at radius 1 is 1.00 bits per heavy atom. The van der Waals surface area contributed by atoms with Gasteiger partial charge >= 0.3 is 0 Å². The number of aromatic nitrogens is 1. The Balaban J connectivity index is 1.26. The van der Waals surface area contributed by atoms with Crippen LogP contribution >= 0.6 is 0 Å². The average molecular weight is 377 g/mol. The van der Waals surface area contributed by atoms with E-state index in [1.807, 2.05) is 41.3 Å². The Kier molecular flexibility index (Phi) is 5.35. The number of hydrogen-bond acceptors (Lipinski definition) is 3. The van der Waals surface area contributed by atoms with E-state index in [2.05, 4.69) is 35.9 Å². The molecule has 0 atom stereocenters. The third-order valence-electron chi connectivity index (χ3n) is 5.57. The summed E-state index contributed by atoms with van der Waals surface area (Å²) < 4.78 is 5.89. The van der Waals surface area contributed by atoms with Crippen LogP contribution in [0.2, 0.25) is 0 Å². The minimum absolute atomic E-state index is 0.0854. The quantitative estimate of drug-likeness (QED) is 0.739. The SMILES string of the molecule is Cc1ccc(OCCN2CCN(C(=O)c3cc4ccccc4[nH]3)CC2)cc1C. The van der Waals surface area contributed by atoms with Gasteiger partial charge in [0.25, 0.3) is 5.91 Å². The monoisotopic (exact) mass is 377 g/mol. The number of rotatable bonds is 5. The minimum Gasteiger partial charge on any atom is -0.492 e. The van der Waals surface area contributed by atoms with Gasteiger partial charge in [-0.05, 0) is 49.2 Å². The fourth-order valence-electron chi connectivity index (χ4n) is 3.63. The van der Waals surface area contributed by atoms with Gasteiger partial charge in [0, 0.05) is 43.6 Å². The molecule has 1 fully saturated rings. The molecule has 1 N–H and O–H groups in total. The molecule has 2 aromatic carbocycles. The molecule has 2 heterocycles. The summed E-state index contributed by atoms with van der Waals surface area (Å²) >= 11 is 0. The van der Waals surface area contributed by atoms with Crippen molar-refractivity contribution in [3.63, 3.8) is 0 Å². The number of carbonyl (C=O) groups excluding carboxylic acids is 1. The molecule has 0 bridgehead atoms. The highest BCUT2D eigenvalue weighted by atomic mass is 16.5. The number of nitrogens with one attached hydrogen (secondary N) is 1. The first-order valence-electron chi connectivity index (χ1n) is 9.89. The molecule has 146 valence electrons. The second-order valence-electron chi connectivity index (χ2n) is 7.50. The molecule has 0 radical (unpaired) electrons. The van der Waals surface area contributed by atoms with Crippen molar-refractivity contribution in [1.29, 1.82) is 0 Å². The van der Waals surface area contributed by atoms with E-state index in [0.717, 1.165) is 49.4 Å². The van der Waals surface area contributed by atoms with Crippen molar-refractivity contribution in [2.75, 3.05) is 39.3 Å². The van der Waals surface area contributed by atoms with Crippen molar-refractivity contribution >= 4 is 16.8 Å². The van der Waals surface area contributed by atoms with Gasteiger partial charge in [-0.25, -0.2) is 0 Å². The highest BCUT2D eigenvalue weighted by Crippen LogP contribution is 2.18. The summed E-state index contributed by atoms with van der Waals surface area (Å²) in [7, 11) is 0. The van der Waals surface area contributed by atoms with Crippen LogP contribution in [-0.2, 0) is 0 Å². The van der Waals surface area contributed by atoms with Crippen LogP contribution in [-0.4, -0.2) is 60.0 Å². The fourth-order valence-corrected chi connectivity index (χ4v) is 3.63. The first-order valence-corrected chi connectivity index (χ1v) is 9.89. The van der Waals surface area contributed by atoms with Crippen molar-refractivity contribution in [3.8, 4) is 5.75 Å². The van der Waals surface area contributed by atoms with Crippen molar-refractivity contribution < 1.29 is 9.53 Å². The van der Waals surface area contributed by atoms with E-state index in [0.29, 0.717) is 12.3 Å². The molecule has 1 aromatic heterocycles. The Bertz CT molecular complexity index is 938. The van der Waals surface area contributed by atoms with E-state index in [4.69, 9.17) is 4.74 Å². The maximum absolute atomic E-state index is 12.8. The van der Waals surface area contributed by atoms with Gasteiger partial charge in [0.2, 0.25) is 0 Å². The van der Waals surface area contributed by atoms with Crippen molar-refractivity contribution in [1.82, 2.24) is 14.8 Å². The molecule has 0 saturated carbocycles. The molecule has 4 rings (SSSR count). The molecular weight excluding hydrogens is 350 g/mol. The van der Waals surface area contributed by atoms with Crippen LogP contribution in [0.1, 0.15) is 21.6 Å². The van der Waals surface area contributed by atoms with Gasteiger partial charge < -0.3 is 14.6 Å². The summed E-state index contributed by atoms with van der Waals surface area (Å²) in [4.78, 5) is 20.3. The van der Waals surface area contributed by atoms with Crippen LogP contribution in [0.5, 0.6) is 5.75 Å². The van der Waals surface area contributed by atoms with Crippen LogP contribution in [0, 0.1) is 13.8 Å². The van der Waals surface area contributed by atoms with Gasteiger partial charge in [0.15, 0.2) is 0 Å². The number of carbonyl (C=O) groups is 1. The van der Waals surface area contributed by atoms with Crippen LogP contribution in [0.4, 0.5) is 0 Å². The van der Waals surface area contributed by atoms with Crippen molar-refractivity contribution in [2.45, 2.75) is 13.8 Å². The third-order valence-corrected chi connectivity index (χ3v) is 5.57. The highest BCUT2D eigenvalue weighted by Gasteiger charge is 2.23. The highest BCUT2D eigenvalue weighted by molar-refractivity contribution is 5.98. The number of aromatic amines is 1. The third kappa shape index (κ3) is 4.04. The predicted molar refractivity (Wildman–Crippen MR) is 112 cm³/mol. The van der Waals surface area contributed by atoms with E-state index < -0.39 is 0 Å². The Hall–Kier alpha value is -2.79.